The SMILES string of the molecule is O=C(c1ccc2c(c1)CCCC2)c1cc(Br)ccc1I. The number of ketones is 1. The molecule has 0 heterocycles. The summed E-state index contributed by atoms with van der Waals surface area (Å²) >= 11 is 5.66. The molecule has 0 amide bonds. The lowest BCUT2D eigenvalue weighted by Crippen LogP contribution is -2.08. The molecule has 3 heteroatoms. The van der Waals surface area contributed by atoms with Gasteiger partial charge in [0.05, 0.1) is 0 Å². The van der Waals surface area contributed by atoms with Gasteiger partial charge in [-0.2, -0.15) is 0 Å². The van der Waals surface area contributed by atoms with Gasteiger partial charge in [0.25, 0.3) is 0 Å². The fraction of sp³-hybridized carbons (Fsp3) is 0.235. The van der Waals surface area contributed by atoms with Gasteiger partial charge in [-0.25, -0.2) is 0 Å². The highest BCUT2D eigenvalue weighted by molar-refractivity contribution is 14.1. The van der Waals surface area contributed by atoms with Crippen molar-refractivity contribution in [1.29, 1.82) is 0 Å². The number of benzene rings is 2. The van der Waals surface area contributed by atoms with E-state index >= 15 is 0 Å². The van der Waals surface area contributed by atoms with Crippen LogP contribution in [0.5, 0.6) is 0 Å². The molecule has 0 atom stereocenters. The van der Waals surface area contributed by atoms with Gasteiger partial charge < -0.3 is 0 Å². The van der Waals surface area contributed by atoms with E-state index in [2.05, 4.69) is 50.7 Å². The largest absolute Gasteiger partial charge is 0.289 e. The Labute approximate surface area is 141 Å². The molecule has 0 aliphatic heterocycles. The van der Waals surface area contributed by atoms with Crippen LogP contribution in [0.3, 0.4) is 0 Å². The Morgan fingerprint density at radius 1 is 1.00 bits per heavy atom. The van der Waals surface area contributed by atoms with Crippen molar-refractivity contribution in [2.45, 2.75) is 25.7 Å². The molecule has 0 unspecified atom stereocenters. The quantitative estimate of drug-likeness (QED) is 0.465. The van der Waals surface area contributed by atoms with Crippen LogP contribution >= 0.6 is 38.5 Å². The zero-order chi connectivity index (χ0) is 14.1. The lowest BCUT2D eigenvalue weighted by molar-refractivity contribution is 0.103. The number of carbonyl (C=O) groups excluding carboxylic acids is 1. The van der Waals surface area contributed by atoms with Crippen LogP contribution in [-0.4, -0.2) is 5.78 Å². The minimum atomic E-state index is 0.115. The first-order valence-corrected chi connectivity index (χ1v) is 8.64. The topological polar surface area (TPSA) is 17.1 Å². The first-order valence-electron chi connectivity index (χ1n) is 6.77. The van der Waals surface area contributed by atoms with Crippen LogP contribution in [0.2, 0.25) is 0 Å². The summed E-state index contributed by atoms with van der Waals surface area (Å²) in [7, 11) is 0. The number of rotatable bonds is 2. The maximum Gasteiger partial charge on any atom is 0.194 e. The summed E-state index contributed by atoms with van der Waals surface area (Å²) in [6.45, 7) is 0. The van der Waals surface area contributed by atoms with E-state index in [-0.39, 0.29) is 5.78 Å². The maximum atomic E-state index is 12.7. The number of carbonyl (C=O) groups is 1. The molecule has 0 saturated heterocycles. The predicted molar refractivity (Wildman–Crippen MR) is 93.4 cm³/mol. The second kappa shape index (κ2) is 5.98. The Morgan fingerprint density at radius 3 is 2.55 bits per heavy atom. The molecule has 0 aromatic heterocycles. The standard InChI is InChI=1S/C17H14BrIO/c18-14-7-8-16(19)15(10-14)17(20)13-6-5-11-3-1-2-4-12(11)9-13/h5-10H,1-4H2. The van der Waals surface area contributed by atoms with Gasteiger partial charge in [-0.3, -0.25) is 4.79 Å². The van der Waals surface area contributed by atoms with E-state index in [0.29, 0.717) is 0 Å². The van der Waals surface area contributed by atoms with Crippen LogP contribution < -0.4 is 0 Å². The summed E-state index contributed by atoms with van der Waals surface area (Å²) in [5, 5.41) is 0. The summed E-state index contributed by atoms with van der Waals surface area (Å²) < 4.78 is 1.94. The first-order chi connectivity index (χ1) is 9.65. The van der Waals surface area contributed by atoms with Crippen LogP contribution in [0.1, 0.15) is 39.9 Å². The normalized spacial score (nSPS) is 13.9. The molecule has 0 saturated carbocycles. The molecule has 0 N–H and O–H groups in total. The molecule has 20 heavy (non-hydrogen) atoms. The second-order valence-electron chi connectivity index (χ2n) is 5.14. The molecule has 1 aliphatic rings. The van der Waals surface area contributed by atoms with Crippen molar-refractivity contribution < 1.29 is 4.79 Å². The maximum absolute atomic E-state index is 12.7. The van der Waals surface area contributed by atoms with Gasteiger partial charge in [0.15, 0.2) is 5.78 Å². The molecule has 1 nitrogen and oxygen atoms in total. The highest BCUT2D eigenvalue weighted by Gasteiger charge is 2.16. The number of hydrogen-bond acceptors (Lipinski definition) is 1. The Bertz CT molecular complexity index is 679. The number of aryl methyl sites for hydroxylation is 2. The van der Waals surface area contributed by atoms with Gasteiger partial charge in [-0.15, -0.1) is 0 Å². The predicted octanol–water partition coefficient (Wildman–Crippen LogP) is 5.16. The van der Waals surface area contributed by atoms with Crippen LogP contribution in [0.25, 0.3) is 0 Å². The van der Waals surface area contributed by atoms with Crippen molar-refractivity contribution in [3.63, 3.8) is 0 Å². The Hall–Kier alpha value is -0.680. The van der Waals surface area contributed by atoms with Gasteiger partial charge in [0, 0.05) is 19.2 Å². The average molecular weight is 441 g/mol. The summed E-state index contributed by atoms with van der Waals surface area (Å²) in [5.74, 6) is 0.115. The van der Waals surface area contributed by atoms with Crippen molar-refractivity contribution >= 4 is 44.3 Å². The molecule has 102 valence electrons. The van der Waals surface area contributed by atoms with E-state index in [0.717, 1.165) is 32.0 Å². The van der Waals surface area contributed by atoms with E-state index in [1.54, 1.807) is 0 Å². The molecule has 0 fully saturated rings. The molecule has 2 aromatic rings. The number of fused-ring (bicyclic) bond motifs is 1. The molecular formula is C17H14BrIO. The number of hydrogen-bond donors (Lipinski definition) is 0. The lowest BCUT2D eigenvalue weighted by atomic mass is 9.89. The molecule has 0 radical (unpaired) electrons. The molecule has 0 spiro atoms. The third-order valence-electron chi connectivity index (χ3n) is 3.78. The second-order valence-corrected chi connectivity index (χ2v) is 7.22. The number of halogens is 2. The summed E-state index contributed by atoms with van der Waals surface area (Å²) in [6, 6.07) is 12.0. The summed E-state index contributed by atoms with van der Waals surface area (Å²) in [6.07, 6.45) is 4.76. The Morgan fingerprint density at radius 2 is 1.75 bits per heavy atom. The van der Waals surface area contributed by atoms with Gasteiger partial charge in [-0.1, -0.05) is 28.1 Å². The molecule has 2 aromatic carbocycles. The average Bonchev–Trinajstić information content (AvgIpc) is 2.48. The minimum absolute atomic E-state index is 0.115. The van der Waals surface area contributed by atoms with E-state index in [1.165, 1.54) is 24.0 Å². The molecule has 0 bridgehead atoms. The molecule has 3 rings (SSSR count). The first kappa shape index (κ1) is 14.3. The van der Waals surface area contributed by atoms with Crippen molar-refractivity contribution in [1.82, 2.24) is 0 Å². The molecular weight excluding hydrogens is 427 g/mol. The summed E-state index contributed by atoms with van der Waals surface area (Å²) in [4.78, 5) is 12.7. The van der Waals surface area contributed by atoms with Crippen LogP contribution in [0, 0.1) is 3.57 Å². The van der Waals surface area contributed by atoms with Crippen LogP contribution in [0.4, 0.5) is 0 Å². The minimum Gasteiger partial charge on any atom is -0.289 e. The van der Waals surface area contributed by atoms with Gasteiger partial charge >= 0.3 is 0 Å². The van der Waals surface area contributed by atoms with Gasteiger partial charge in [0.1, 0.15) is 0 Å². The van der Waals surface area contributed by atoms with Crippen molar-refractivity contribution in [2.75, 3.05) is 0 Å². The molecule has 1 aliphatic carbocycles. The van der Waals surface area contributed by atoms with Crippen molar-refractivity contribution in [2.24, 2.45) is 0 Å². The monoisotopic (exact) mass is 440 g/mol. The van der Waals surface area contributed by atoms with E-state index in [4.69, 9.17) is 0 Å². The third kappa shape index (κ3) is 2.84. The van der Waals surface area contributed by atoms with Gasteiger partial charge in [0.2, 0.25) is 0 Å². The van der Waals surface area contributed by atoms with Crippen LogP contribution in [0.15, 0.2) is 40.9 Å². The fourth-order valence-electron chi connectivity index (χ4n) is 2.70. The van der Waals surface area contributed by atoms with E-state index in [9.17, 15) is 4.79 Å². The Kier molecular flexibility index (Phi) is 4.26. The van der Waals surface area contributed by atoms with Crippen LogP contribution in [-0.2, 0) is 12.8 Å². The zero-order valence-electron chi connectivity index (χ0n) is 11.0. The smallest absolute Gasteiger partial charge is 0.194 e. The van der Waals surface area contributed by atoms with Gasteiger partial charge in [-0.05, 0) is 83.7 Å². The van der Waals surface area contributed by atoms with E-state index in [1.807, 2.05) is 24.3 Å². The highest BCUT2D eigenvalue weighted by Crippen LogP contribution is 2.25. The summed E-state index contributed by atoms with van der Waals surface area (Å²) in [5.41, 5.74) is 4.35. The highest BCUT2D eigenvalue weighted by atomic mass is 127. The van der Waals surface area contributed by atoms with E-state index < -0.39 is 0 Å². The fourth-order valence-corrected chi connectivity index (χ4v) is 3.64. The Balaban J connectivity index is 2.00. The zero-order valence-corrected chi connectivity index (χ0v) is 14.7. The van der Waals surface area contributed by atoms with Crippen molar-refractivity contribution in [3.05, 3.63) is 66.7 Å². The van der Waals surface area contributed by atoms with Crippen molar-refractivity contribution in [3.8, 4) is 0 Å². The lowest BCUT2D eigenvalue weighted by Gasteiger charge is -2.16. The third-order valence-corrected chi connectivity index (χ3v) is 5.22.